The molecule has 10 heteroatoms. The van der Waals surface area contributed by atoms with Crippen molar-refractivity contribution in [1.29, 1.82) is 0 Å². The quantitative estimate of drug-likeness (QED) is 0.856. The predicted molar refractivity (Wildman–Crippen MR) is 78.9 cm³/mol. The van der Waals surface area contributed by atoms with Gasteiger partial charge in [-0.2, -0.15) is 17.9 Å². The molecule has 1 amide bonds. The maximum absolute atomic E-state index is 12.6. The molecule has 0 aliphatic carbocycles. The fourth-order valence-corrected chi connectivity index (χ4v) is 2.10. The van der Waals surface area contributed by atoms with Gasteiger partial charge in [-0.25, -0.2) is 0 Å². The Bertz CT molecular complexity index is 695. The lowest BCUT2D eigenvalue weighted by atomic mass is 10.2. The molecule has 0 saturated heterocycles. The van der Waals surface area contributed by atoms with Crippen LogP contribution in [0.4, 0.5) is 13.2 Å². The predicted octanol–water partition coefficient (Wildman–Crippen LogP) is 1.38. The molecule has 0 fully saturated rings. The normalized spacial score (nSPS) is 12.1. The first-order valence-electron chi connectivity index (χ1n) is 7.15. The second kappa shape index (κ2) is 6.95. The third-order valence-electron chi connectivity index (χ3n) is 3.41. The van der Waals surface area contributed by atoms with Gasteiger partial charge in [0.15, 0.2) is 5.82 Å². The van der Waals surface area contributed by atoms with Gasteiger partial charge in [-0.3, -0.25) is 9.69 Å². The summed E-state index contributed by atoms with van der Waals surface area (Å²) in [6, 6.07) is 4.51. The third kappa shape index (κ3) is 4.28. The second-order valence-electron chi connectivity index (χ2n) is 5.52. The smallest absolute Gasteiger partial charge is 0.369 e. The van der Waals surface area contributed by atoms with Crippen molar-refractivity contribution in [2.24, 2.45) is 5.73 Å². The summed E-state index contributed by atoms with van der Waals surface area (Å²) in [5.41, 5.74) is 4.86. The van der Waals surface area contributed by atoms with Crippen molar-refractivity contribution in [2.45, 2.75) is 32.6 Å². The molecule has 1 heterocycles. The van der Waals surface area contributed by atoms with E-state index in [1.165, 1.54) is 16.8 Å². The molecule has 2 rings (SSSR count). The molecule has 1 aromatic heterocycles. The van der Waals surface area contributed by atoms with Gasteiger partial charge in [0, 0.05) is 6.04 Å². The number of carbonyl (C=O) groups is 1. The molecule has 130 valence electrons. The van der Waals surface area contributed by atoms with Crippen LogP contribution in [0.2, 0.25) is 0 Å². The van der Waals surface area contributed by atoms with Gasteiger partial charge < -0.3 is 5.73 Å². The van der Waals surface area contributed by atoms with E-state index in [0.29, 0.717) is 11.5 Å². The van der Waals surface area contributed by atoms with E-state index in [0.717, 1.165) is 12.1 Å². The summed E-state index contributed by atoms with van der Waals surface area (Å²) in [6.45, 7) is 4.02. The summed E-state index contributed by atoms with van der Waals surface area (Å²) in [7, 11) is 0. The number of rotatable bonds is 6. The van der Waals surface area contributed by atoms with Crippen molar-refractivity contribution in [3.63, 3.8) is 0 Å². The van der Waals surface area contributed by atoms with Crippen LogP contribution in [0.15, 0.2) is 24.3 Å². The number of hydrogen-bond donors (Lipinski definition) is 1. The number of halogens is 3. The van der Waals surface area contributed by atoms with Crippen LogP contribution in [0.1, 0.15) is 25.2 Å². The van der Waals surface area contributed by atoms with Crippen LogP contribution in [-0.2, 0) is 17.5 Å². The standard InChI is InChI=1S/C14H17F3N6O/c1-9(2)22(7-12(18)24)8-13-19-20-21-23(13)11-5-3-10(4-6-11)14(15,16)17/h3-6,9H,7-8H2,1-2H3,(H2,18,24). The lowest BCUT2D eigenvalue weighted by Gasteiger charge is -2.24. The molecule has 24 heavy (non-hydrogen) atoms. The Hall–Kier alpha value is -2.49. The molecule has 0 aliphatic rings. The summed E-state index contributed by atoms with van der Waals surface area (Å²) < 4.78 is 39.2. The van der Waals surface area contributed by atoms with Crippen LogP contribution >= 0.6 is 0 Å². The van der Waals surface area contributed by atoms with Gasteiger partial charge >= 0.3 is 6.18 Å². The van der Waals surface area contributed by atoms with Crippen molar-refractivity contribution in [3.05, 3.63) is 35.7 Å². The first kappa shape index (κ1) is 17.9. The van der Waals surface area contributed by atoms with Gasteiger partial charge in [-0.1, -0.05) is 0 Å². The second-order valence-corrected chi connectivity index (χ2v) is 5.52. The van der Waals surface area contributed by atoms with E-state index < -0.39 is 17.6 Å². The van der Waals surface area contributed by atoms with Crippen LogP contribution in [0.3, 0.4) is 0 Å². The van der Waals surface area contributed by atoms with Gasteiger partial charge in [-0.15, -0.1) is 5.10 Å². The minimum atomic E-state index is -4.40. The average molecular weight is 342 g/mol. The van der Waals surface area contributed by atoms with E-state index >= 15 is 0 Å². The number of alkyl halides is 3. The Morgan fingerprint density at radius 2 is 1.92 bits per heavy atom. The first-order valence-corrected chi connectivity index (χ1v) is 7.15. The molecule has 0 radical (unpaired) electrons. The SMILES string of the molecule is CC(C)N(CC(N)=O)Cc1nnnn1-c1ccc(C(F)(F)F)cc1. The highest BCUT2D eigenvalue weighted by Gasteiger charge is 2.30. The molecule has 0 spiro atoms. The van der Waals surface area contributed by atoms with Crippen molar-refractivity contribution >= 4 is 5.91 Å². The molecule has 7 nitrogen and oxygen atoms in total. The summed E-state index contributed by atoms with van der Waals surface area (Å²) in [4.78, 5) is 12.9. The van der Waals surface area contributed by atoms with E-state index in [4.69, 9.17) is 5.73 Å². The Labute approximate surface area is 136 Å². The van der Waals surface area contributed by atoms with Gasteiger partial charge in [0.05, 0.1) is 24.3 Å². The number of aromatic nitrogens is 4. The Morgan fingerprint density at radius 1 is 1.29 bits per heavy atom. The average Bonchev–Trinajstić information content (AvgIpc) is 2.93. The van der Waals surface area contributed by atoms with Crippen LogP contribution in [-0.4, -0.2) is 43.6 Å². The maximum atomic E-state index is 12.6. The lowest BCUT2D eigenvalue weighted by molar-refractivity contribution is -0.137. The highest BCUT2D eigenvalue weighted by molar-refractivity contribution is 5.75. The van der Waals surface area contributed by atoms with E-state index in [9.17, 15) is 18.0 Å². The van der Waals surface area contributed by atoms with Crippen molar-refractivity contribution in [2.75, 3.05) is 6.54 Å². The van der Waals surface area contributed by atoms with Crippen molar-refractivity contribution in [1.82, 2.24) is 25.1 Å². The minimum Gasteiger partial charge on any atom is -0.369 e. The summed E-state index contributed by atoms with van der Waals surface area (Å²) in [6.07, 6.45) is -4.40. The number of tetrazole rings is 1. The molecule has 2 N–H and O–H groups in total. The largest absolute Gasteiger partial charge is 0.416 e. The van der Waals surface area contributed by atoms with Crippen LogP contribution in [0.25, 0.3) is 5.69 Å². The lowest BCUT2D eigenvalue weighted by Crippen LogP contribution is -2.38. The number of primary amides is 1. The molecule has 1 aromatic carbocycles. The van der Waals surface area contributed by atoms with Gasteiger partial charge in [0.1, 0.15) is 0 Å². The summed E-state index contributed by atoms with van der Waals surface area (Å²) in [5, 5.41) is 11.2. The topological polar surface area (TPSA) is 89.9 Å². The van der Waals surface area contributed by atoms with Gasteiger partial charge in [0.2, 0.25) is 5.91 Å². The number of amides is 1. The van der Waals surface area contributed by atoms with Gasteiger partial charge in [0.25, 0.3) is 0 Å². The molecule has 0 aliphatic heterocycles. The van der Waals surface area contributed by atoms with E-state index in [-0.39, 0.29) is 19.1 Å². The van der Waals surface area contributed by atoms with E-state index in [1.807, 2.05) is 13.8 Å². The zero-order valence-electron chi connectivity index (χ0n) is 13.2. The number of carbonyl (C=O) groups excluding carboxylic acids is 1. The monoisotopic (exact) mass is 342 g/mol. The first-order chi connectivity index (χ1) is 11.2. The zero-order chi connectivity index (χ0) is 17.9. The molecule has 2 aromatic rings. The van der Waals surface area contributed by atoms with E-state index in [1.54, 1.807) is 4.90 Å². The minimum absolute atomic E-state index is 0.00950. The number of nitrogens with two attached hydrogens (primary N) is 1. The number of hydrogen-bond acceptors (Lipinski definition) is 5. The number of nitrogens with zero attached hydrogens (tertiary/aromatic N) is 5. The molecule has 0 atom stereocenters. The highest BCUT2D eigenvalue weighted by Crippen LogP contribution is 2.29. The maximum Gasteiger partial charge on any atom is 0.416 e. The molecule has 0 unspecified atom stereocenters. The zero-order valence-corrected chi connectivity index (χ0v) is 13.2. The summed E-state index contributed by atoms with van der Waals surface area (Å²) >= 11 is 0. The summed E-state index contributed by atoms with van der Waals surface area (Å²) in [5.74, 6) is -0.0954. The Kier molecular flexibility index (Phi) is 5.17. The fourth-order valence-electron chi connectivity index (χ4n) is 2.10. The van der Waals surface area contributed by atoms with Crippen LogP contribution < -0.4 is 5.73 Å². The Balaban J connectivity index is 2.25. The van der Waals surface area contributed by atoms with Crippen LogP contribution in [0, 0.1) is 0 Å². The van der Waals surface area contributed by atoms with Crippen LogP contribution in [0.5, 0.6) is 0 Å². The number of benzene rings is 1. The van der Waals surface area contributed by atoms with Crippen molar-refractivity contribution in [3.8, 4) is 5.69 Å². The van der Waals surface area contributed by atoms with E-state index in [2.05, 4.69) is 15.5 Å². The highest BCUT2D eigenvalue weighted by atomic mass is 19.4. The fraction of sp³-hybridized carbons (Fsp3) is 0.429. The van der Waals surface area contributed by atoms with Gasteiger partial charge in [-0.05, 0) is 48.5 Å². The molecule has 0 saturated carbocycles. The molecular weight excluding hydrogens is 325 g/mol. The molecular formula is C14H17F3N6O. The molecule has 0 bridgehead atoms. The van der Waals surface area contributed by atoms with Crippen molar-refractivity contribution < 1.29 is 18.0 Å². The third-order valence-corrected chi connectivity index (χ3v) is 3.41. The Morgan fingerprint density at radius 3 is 2.42 bits per heavy atom.